The van der Waals surface area contributed by atoms with Crippen molar-refractivity contribution in [3.8, 4) is 0 Å². The van der Waals surface area contributed by atoms with Crippen molar-refractivity contribution < 1.29 is 33.5 Å². The van der Waals surface area contributed by atoms with Crippen LogP contribution in [0.2, 0.25) is 0 Å². The molecule has 0 spiro atoms. The molecule has 0 unspecified atom stereocenters. The molecule has 0 fully saturated rings. The summed E-state index contributed by atoms with van der Waals surface area (Å²) in [5.41, 5.74) is 1.19. The van der Waals surface area contributed by atoms with E-state index >= 15 is 0 Å². The second kappa shape index (κ2) is 4.49. The van der Waals surface area contributed by atoms with Crippen molar-refractivity contribution in [2.45, 2.75) is 6.92 Å². The van der Waals surface area contributed by atoms with Crippen LogP contribution in [0.4, 0.5) is 0 Å². The van der Waals surface area contributed by atoms with Crippen molar-refractivity contribution in [2.75, 3.05) is 7.11 Å². The van der Waals surface area contributed by atoms with Gasteiger partial charge >= 0.3 is 0 Å². The van der Waals surface area contributed by atoms with E-state index in [0.717, 1.165) is 0 Å². The molecule has 56 valence electrons. The van der Waals surface area contributed by atoms with Crippen LogP contribution in [0, 0.1) is 6.92 Å². The van der Waals surface area contributed by atoms with Gasteiger partial charge in [0.1, 0.15) is 7.11 Å². The Morgan fingerprint density at radius 1 is 1.50 bits per heavy atom. The average Bonchev–Trinajstić information content (AvgIpc) is 1.88. The Balaban J connectivity index is 0.000000810. The molecule has 0 aliphatic rings. The van der Waals surface area contributed by atoms with Crippen LogP contribution in [-0.4, -0.2) is 7.11 Å². The van der Waals surface area contributed by atoms with E-state index in [-0.39, 0.29) is 24.0 Å². The molecule has 0 radical (unpaired) electrons. The van der Waals surface area contributed by atoms with Crippen molar-refractivity contribution in [1.29, 1.82) is 0 Å². The molecule has 2 nitrogen and oxygen atoms in total. The molecule has 0 bridgehead atoms. The molecule has 1 aromatic rings. The van der Waals surface area contributed by atoms with E-state index in [9.17, 15) is 0 Å². The van der Waals surface area contributed by atoms with Gasteiger partial charge in [-0.1, -0.05) is 0 Å². The van der Waals surface area contributed by atoms with E-state index in [1.165, 1.54) is 5.56 Å². The lowest BCUT2D eigenvalue weighted by molar-refractivity contribution is -0.885. The normalized spacial score (nSPS) is 8.20. The Morgan fingerprint density at radius 2 is 2.20 bits per heavy atom. The quantitative estimate of drug-likeness (QED) is 0.392. The second-order valence-electron chi connectivity index (χ2n) is 1.92. The topological polar surface area (TPSA) is 13.1 Å². The van der Waals surface area contributed by atoms with Gasteiger partial charge in [-0.05, 0) is 13.0 Å². The average molecular weight is 251 g/mol. The van der Waals surface area contributed by atoms with Gasteiger partial charge in [-0.2, -0.15) is 0 Å². The van der Waals surface area contributed by atoms with Gasteiger partial charge in [0.2, 0.25) is 12.4 Å². The summed E-state index contributed by atoms with van der Waals surface area (Å²) in [5, 5.41) is 0. The van der Waals surface area contributed by atoms with E-state index in [1.807, 2.05) is 31.5 Å². The Bertz CT molecular complexity index is 203. The number of aryl methyl sites for hydroxylation is 1. The molecule has 0 aliphatic carbocycles. The smallest absolute Gasteiger partial charge is 0.225 e. The number of nitrogens with zero attached hydrogens (tertiary/aromatic N) is 1. The molecule has 0 aliphatic heterocycles. The standard InChI is InChI=1S/C7H10NO.HI/c1-7-4-3-5-8(6-7)9-2;/h3-6H,1-2H3;1H/q+1;/p-1. The minimum atomic E-state index is 0. The van der Waals surface area contributed by atoms with E-state index in [4.69, 9.17) is 4.84 Å². The summed E-state index contributed by atoms with van der Waals surface area (Å²) in [4.78, 5) is 4.91. The summed E-state index contributed by atoms with van der Waals surface area (Å²) in [6, 6.07) is 3.97. The highest BCUT2D eigenvalue weighted by Gasteiger charge is 1.94. The van der Waals surface area contributed by atoms with Gasteiger partial charge in [0.15, 0.2) is 0 Å². The Morgan fingerprint density at radius 3 is 2.60 bits per heavy atom. The summed E-state index contributed by atoms with van der Waals surface area (Å²) in [5.74, 6) is 0. The van der Waals surface area contributed by atoms with Crippen molar-refractivity contribution in [2.24, 2.45) is 0 Å². The van der Waals surface area contributed by atoms with Gasteiger partial charge < -0.3 is 24.0 Å². The maximum atomic E-state index is 4.91. The first-order valence-corrected chi connectivity index (χ1v) is 2.85. The van der Waals surface area contributed by atoms with Crippen LogP contribution in [0.3, 0.4) is 0 Å². The Kier molecular flexibility index (Phi) is 4.34. The summed E-state index contributed by atoms with van der Waals surface area (Å²) >= 11 is 0. The molecular formula is C7H10INO. The third-order valence-corrected chi connectivity index (χ3v) is 1.13. The lowest BCUT2D eigenvalue weighted by Gasteiger charge is -1.89. The molecule has 0 saturated heterocycles. The van der Waals surface area contributed by atoms with Gasteiger partial charge in [-0.3, -0.25) is 4.84 Å². The predicted molar refractivity (Wildman–Crippen MR) is 33.9 cm³/mol. The number of pyridine rings is 1. The van der Waals surface area contributed by atoms with Gasteiger partial charge in [0, 0.05) is 16.4 Å². The molecule has 10 heavy (non-hydrogen) atoms. The summed E-state index contributed by atoms with van der Waals surface area (Å²) in [6.07, 6.45) is 3.77. The van der Waals surface area contributed by atoms with Crippen LogP contribution < -0.4 is 33.5 Å². The lowest BCUT2D eigenvalue weighted by Crippen LogP contribution is -3.00. The molecular weight excluding hydrogens is 241 g/mol. The maximum Gasteiger partial charge on any atom is 0.225 e. The fraction of sp³-hybridized carbons (Fsp3) is 0.286. The second-order valence-corrected chi connectivity index (χ2v) is 1.92. The minimum Gasteiger partial charge on any atom is -1.00 e. The maximum absolute atomic E-state index is 4.91. The Hall–Kier alpha value is -0.320. The van der Waals surface area contributed by atoms with Crippen LogP contribution >= 0.6 is 0 Å². The summed E-state index contributed by atoms with van der Waals surface area (Å²) in [6.45, 7) is 2.02. The zero-order chi connectivity index (χ0) is 6.69. The number of hydrogen-bond acceptors (Lipinski definition) is 1. The van der Waals surface area contributed by atoms with Gasteiger partial charge in [-0.15, -0.1) is 0 Å². The fourth-order valence-corrected chi connectivity index (χ4v) is 0.680. The largest absolute Gasteiger partial charge is 1.00 e. The third kappa shape index (κ3) is 2.51. The predicted octanol–water partition coefficient (Wildman–Crippen LogP) is -2.66. The molecule has 0 saturated carbocycles. The zero-order valence-corrected chi connectivity index (χ0v) is 8.20. The SMILES string of the molecule is CO[n+]1cccc(C)c1.[I-]. The van der Waals surface area contributed by atoms with E-state index in [0.29, 0.717) is 0 Å². The Labute approximate surface area is 77.8 Å². The first-order chi connectivity index (χ1) is 4.33. The fourth-order valence-electron chi connectivity index (χ4n) is 0.680. The van der Waals surface area contributed by atoms with Crippen LogP contribution in [-0.2, 0) is 0 Å². The molecule has 0 aromatic carbocycles. The highest BCUT2D eigenvalue weighted by Crippen LogP contribution is 1.86. The molecule has 3 heteroatoms. The molecule has 1 heterocycles. The van der Waals surface area contributed by atoms with E-state index in [2.05, 4.69) is 0 Å². The monoisotopic (exact) mass is 251 g/mol. The number of halogens is 1. The van der Waals surface area contributed by atoms with Crippen LogP contribution in [0.5, 0.6) is 0 Å². The molecule has 0 amide bonds. The van der Waals surface area contributed by atoms with E-state index < -0.39 is 0 Å². The van der Waals surface area contributed by atoms with Crippen molar-refractivity contribution in [3.63, 3.8) is 0 Å². The van der Waals surface area contributed by atoms with Gasteiger partial charge in [0.05, 0.1) is 0 Å². The van der Waals surface area contributed by atoms with Crippen LogP contribution in [0.1, 0.15) is 5.56 Å². The highest BCUT2D eigenvalue weighted by atomic mass is 127. The number of aromatic nitrogens is 1. The number of rotatable bonds is 1. The van der Waals surface area contributed by atoms with Crippen LogP contribution in [0.25, 0.3) is 0 Å². The first kappa shape index (κ1) is 9.68. The minimum absolute atomic E-state index is 0. The molecule has 0 N–H and O–H groups in total. The van der Waals surface area contributed by atoms with Crippen LogP contribution in [0.15, 0.2) is 24.5 Å². The van der Waals surface area contributed by atoms with Crippen molar-refractivity contribution in [3.05, 3.63) is 30.1 Å². The highest BCUT2D eigenvalue weighted by molar-refractivity contribution is 5.00. The molecule has 1 aromatic heterocycles. The first-order valence-electron chi connectivity index (χ1n) is 2.85. The molecule has 0 atom stereocenters. The third-order valence-electron chi connectivity index (χ3n) is 1.13. The van der Waals surface area contributed by atoms with E-state index in [1.54, 1.807) is 11.8 Å². The summed E-state index contributed by atoms with van der Waals surface area (Å²) in [7, 11) is 1.64. The van der Waals surface area contributed by atoms with Gasteiger partial charge in [-0.25, -0.2) is 0 Å². The van der Waals surface area contributed by atoms with Crippen molar-refractivity contribution >= 4 is 0 Å². The lowest BCUT2D eigenvalue weighted by atomic mass is 10.3. The van der Waals surface area contributed by atoms with Crippen molar-refractivity contribution in [1.82, 2.24) is 0 Å². The zero-order valence-electron chi connectivity index (χ0n) is 6.04. The summed E-state index contributed by atoms with van der Waals surface area (Å²) < 4.78 is 1.66. The number of hydrogen-bond donors (Lipinski definition) is 0. The molecule has 1 rings (SSSR count). The van der Waals surface area contributed by atoms with Gasteiger partial charge in [0.25, 0.3) is 0 Å².